The van der Waals surface area contributed by atoms with E-state index in [9.17, 15) is 0 Å². The second-order valence-electron chi connectivity index (χ2n) is 7.13. The van der Waals surface area contributed by atoms with E-state index in [1.54, 1.807) is 11.3 Å². The van der Waals surface area contributed by atoms with Crippen molar-refractivity contribution in [2.24, 2.45) is 5.41 Å². The average molecular weight is 354 g/mol. The fraction of sp³-hybridized carbons (Fsp3) is 0.364. The number of ether oxygens (including phenoxy) is 1. The van der Waals surface area contributed by atoms with E-state index in [1.807, 2.05) is 18.2 Å². The summed E-state index contributed by atoms with van der Waals surface area (Å²) in [7, 11) is 2.11. The van der Waals surface area contributed by atoms with Gasteiger partial charge in [0.2, 0.25) is 0 Å². The Kier molecular flexibility index (Phi) is 7.31. The number of rotatable bonds is 7. The van der Waals surface area contributed by atoms with Crippen molar-refractivity contribution in [1.29, 1.82) is 0 Å². The lowest BCUT2D eigenvalue weighted by Gasteiger charge is -2.15. The first kappa shape index (κ1) is 19.3. The van der Waals surface area contributed by atoms with Crippen LogP contribution in [0.4, 0.5) is 0 Å². The van der Waals surface area contributed by atoms with E-state index in [1.165, 1.54) is 10.4 Å². The normalized spacial score (nSPS) is 11.6. The lowest BCUT2D eigenvalue weighted by atomic mass is 9.98. The van der Waals surface area contributed by atoms with Crippen LogP contribution in [0.15, 0.2) is 53.9 Å². The molecule has 0 bridgehead atoms. The molecular weight excluding hydrogens is 326 g/mol. The minimum atomic E-state index is 0.0554. The summed E-state index contributed by atoms with van der Waals surface area (Å²) in [4.78, 5) is 3.50. The third-order valence-corrected chi connectivity index (χ3v) is 4.23. The molecule has 0 atom stereocenters. The zero-order valence-electron chi connectivity index (χ0n) is 15.6. The monoisotopic (exact) mass is 353 g/mol. The third kappa shape index (κ3) is 8.07. The van der Waals surface area contributed by atoms with Crippen LogP contribution in [0.25, 0.3) is 0 Å². The maximum absolute atomic E-state index is 5.88. The van der Waals surface area contributed by atoms with Gasteiger partial charge in [-0.25, -0.2) is 0 Å². The zero-order chi connectivity index (χ0) is 18.1. The number of hydrogen-bond donors (Lipinski definition) is 0. The predicted octanol–water partition coefficient (Wildman–Crippen LogP) is 5.36. The maximum atomic E-state index is 5.88. The van der Waals surface area contributed by atoms with E-state index in [-0.39, 0.29) is 5.41 Å². The SMILES string of the molecule is CN(CC=CC#CC(C)(C)C)Cc1cccc(OCc2cccs2)c1. The minimum absolute atomic E-state index is 0.0554. The Morgan fingerprint density at radius 1 is 1.20 bits per heavy atom. The molecule has 1 heterocycles. The molecule has 0 N–H and O–H groups in total. The van der Waals surface area contributed by atoms with Crippen LogP contribution in [0.3, 0.4) is 0 Å². The van der Waals surface area contributed by atoms with E-state index in [0.717, 1.165) is 18.8 Å². The van der Waals surface area contributed by atoms with Crippen molar-refractivity contribution in [3.05, 3.63) is 64.4 Å². The fourth-order valence-corrected chi connectivity index (χ4v) is 2.82. The van der Waals surface area contributed by atoms with Gasteiger partial charge in [0.15, 0.2) is 0 Å². The van der Waals surface area contributed by atoms with E-state index < -0.39 is 0 Å². The summed E-state index contributed by atoms with van der Waals surface area (Å²) in [5.41, 5.74) is 1.31. The van der Waals surface area contributed by atoms with Crippen LogP contribution in [-0.4, -0.2) is 18.5 Å². The molecule has 2 aromatic rings. The van der Waals surface area contributed by atoms with Crippen LogP contribution >= 0.6 is 11.3 Å². The molecule has 132 valence electrons. The molecule has 0 amide bonds. The molecule has 0 spiro atoms. The van der Waals surface area contributed by atoms with Gasteiger partial charge in [0.1, 0.15) is 12.4 Å². The van der Waals surface area contributed by atoms with Crippen LogP contribution in [0.2, 0.25) is 0 Å². The molecule has 25 heavy (non-hydrogen) atoms. The fourth-order valence-electron chi connectivity index (χ4n) is 2.21. The Hall–Kier alpha value is -2.02. The highest BCUT2D eigenvalue weighted by molar-refractivity contribution is 7.09. The Balaban J connectivity index is 1.81. The first-order valence-electron chi connectivity index (χ1n) is 8.53. The van der Waals surface area contributed by atoms with E-state index in [2.05, 4.69) is 80.3 Å². The molecule has 0 aliphatic carbocycles. The molecule has 0 aliphatic heterocycles. The smallest absolute Gasteiger partial charge is 0.122 e. The van der Waals surface area contributed by atoms with Crippen molar-refractivity contribution in [3.63, 3.8) is 0 Å². The number of allylic oxidation sites excluding steroid dienone is 1. The van der Waals surface area contributed by atoms with Crippen LogP contribution in [0.1, 0.15) is 31.2 Å². The largest absolute Gasteiger partial charge is 0.488 e. The quantitative estimate of drug-likeness (QED) is 0.621. The van der Waals surface area contributed by atoms with Gasteiger partial charge < -0.3 is 4.74 Å². The van der Waals surface area contributed by atoms with Gasteiger partial charge in [-0.05, 0) is 63.0 Å². The van der Waals surface area contributed by atoms with Crippen LogP contribution < -0.4 is 4.74 Å². The summed E-state index contributed by atoms with van der Waals surface area (Å²) in [5.74, 6) is 7.24. The van der Waals surface area contributed by atoms with Gasteiger partial charge in [0.25, 0.3) is 0 Å². The molecule has 0 saturated heterocycles. The molecule has 1 aromatic carbocycles. The molecule has 0 aliphatic rings. The average Bonchev–Trinajstić information content (AvgIpc) is 3.05. The van der Waals surface area contributed by atoms with Crippen molar-refractivity contribution in [1.82, 2.24) is 4.90 Å². The summed E-state index contributed by atoms with van der Waals surface area (Å²) < 4.78 is 5.88. The van der Waals surface area contributed by atoms with E-state index in [0.29, 0.717) is 6.61 Å². The van der Waals surface area contributed by atoms with Gasteiger partial charge in [-0.2, -0.15) is 0 Å². The van der Waals surface area contributed by atoms with E-state index in [4.69, 9.17) is 4.74 Å². The van der Waals surface area contributed by atoms with E-state index >= 15 is 0 Å². The predicted molar refractivity (Wildman–Crippen MR) is 108 cm³/mol. The lowest BCUT2D eigenvalue weighted by Crippen LogP contribution is -2.17. The Morgan fingerprint density at radius 2 is 2.04 bits per heavy atom. The topological polar surface area (TPSA) is 12.5 Å². The van der Waals surface area contributed by atoms with Crippen molar-refractivity contribution >= 4 is 11.3 Å². The number of benzene rings is 1. The van der Waals surface area contributed by atoms with Gasteiger partial charge in [0, 0.05) is 23.4 Å². The Morgan fingerprint density at radius 3 is 2.76 bits per heavy atom. The highest BCUT2D eigenvalue weighted by Gasteiger charge is 2.03. The van der Waals surface area contributed by atoms with Gasteiger partial charge in [-0.3, -0.25) is 4.90 Å². The number of thiophene rings is 1. The van der Waals surface area contributed by atoms with Gasteiger partial charge in [-0.1, -0.05) is 36.1 Å². The standard InChI is InChI=1S/C22H27NOS/c1-22(2,3)13-6-5-7-14-23(4)17-19-10-8-11-20(16-19)24-18-21-12-9-15-25-21/h5,7-12,15-16H,14,17-18H2,1-4H3. The van der Waals surface area contributed by atoms with Gasteiger partial charge in [0.05, 0.1) is 0 Å². The van der Waals surface area contributed by atoms with Gasteiger partial charge in [-0.15, -0.1) is 11.3 Å². The lowest BCUT2D eigenvalue weighted by molar-refractivity contribution is 0.308. The summed E-state index contributed by atoms with van der Waals surface area (Å²) in [6.07, 6.45) is 4.05. The molecule has 1 aromatic heterocycles. The maximum Gasteiger partial charge on any atom is 0.122 e. The molecular formula is C22H27NOS. The Labute approximate surface area is 156 Å². The van der Waals surface area contributed by atoms with Crippen molar-refractivity contribution in [2.45, 2.75) is 33.9 Å². The highest BCUT2D eigenvalue weighted by Crippen LogP contribution is 2.18. The second kappa shape index (κ2) is 9.46. The molecule has 0 saturated carbocycles. The van der Waals surface area contributed by atoms with Gasteiger partial charge >= 0.3 is 0 Å². The van der Waals surface area contributed by atoms with Crippen molar-refractivity contribution in [3.8, 4) is 17.6 Å². The molecule has 0 unspecified atom stereocenters. The van der Waals surface area contributed by atoms with Crippen LogP contribution in [-0.2, 0) is 13.2 Å². The molecule has 2 rings (SSSR count). The summed E-state index contributed by atoms with van der Waals surface area (Å²) in [5, 5.41) is 2.07. The highest BCUT2D eigenvalue weighted by atomic mass is 32.1. The molecule has 3 heteroatoms. The molecule has 2 nitrogen and oxygen atoms in total. The third-order valence-electron chi connectivity index (χ3n) is 3.38. The number of likely N-dealkylation sites (N-methyl/N-ethyl adjacent to an activating group) is 1. The minimum Gasteiger partial charge on any atom is -0.488 e. The zero-order valence-corrected chi connectivity index (χ0v) is 16.4. The van der Waals surface area contributed by atoms with Crippen molar-refractivity contribution in [2.75, 3.05) is 13.6 Å². The van der Waals surface area contributed by atoms with Crippen LogP contribution in [0, 0.1) is 17.3 Å². The first-order chi connectivity index (χ1) is 11.9. The Bertz CT molecular complexity index is 729. The summed E-state index contributed by atoms with van der Waals surface area (Å²) >= 11 is 1.72. The summed E-state index contributed by atoms with van der Waals surface area (Å²) in [6, 6.07) is 12.5. The van der Waals surface area contributed by atoms with Crippen molar-refractivity contribution < 1.29 is 4.74 Å². The second-order valence-corrected chi connectivity index (χ2v) is 8.17. The van der Waals surface area contributed by atoms with Crippen LogP contribution in [0.5, 0.6) is 5.75 Å². The summed E-state index contributed by atoms with van der Waals surface area (Å²) in [6.45, 7) is 8.74. The number of nitrogens with zero attached hydrogens (tertiary/aromatic N) is 1. The number of hydrogen-bond acceptors (Lipinski definition) is 3. The molecule has 0 radical (unpaired) electrons. The molecule has 0 fully saturated rings. The first-order valence-corrected chi connectivity index (χ1v) is 9.41.